The van der Waals surface area contributed by atoms with Crippen molar-refractivity contribution in [2.75, 3.05) is 18.4 Å². The van der Waals surface area contributed by atoms with Crippen molar-refractivity contribution < 1.29 is 5.11 Å². The highest BCUT2D eigenvalue weighted by atomic mass is 35.5. The molecule has 0 saturated carbocycles. The summed E-state index contributed by atoms with van der Waals surface area (Å²) in [6.07, 6.45) is 5.78. The van der Waals surface area contributed by atoms with Gasteiger partial charge in [-0.2, -0.15) is 0 Å². The molecule has 0 aliphatic carbocycles. The van der Waals surface area contributed by atoms with E-state index >= 15 is 0 Å². The molecule has 1 aliphatic rings. The van der Waals surface area contributed by atoms with E-state index in [1.807, 2.05) is 24.4 Å². The van der Waals surface area contributed by atoms with Crippen molar-refractivity contribution in [3.05, 3.63) is 35.6 Å². The van der Waals surface area contributed by atoms with Crippen LogP contribution in [0.3, 0.4) is 0 Å². The van der Waals surface area contributed by atoms with Crippen LogP contribution in [-0.4, -0.2) is 54.8 Å². The summed E-state index contributed by atoms with van der Waals surface area (Å²) >= 11 is 5.94. The van der Waals surface area contributed by atoms with Crippen LogP contribution in [0.1, 0.15) is 40.5 Å². The molecule has 3 heterocycles. The summed E-state index contributed by atoms with van der Waals surface area (Å²) in [4.78, 5) is 6.92. The van der Waals surface area contributed by atoms with Crippen LogP contribution >= 0.6 is 11.6 Å². The number of nitrogens with zero attached hydrogens (tertiary/aromatic N) is 5. The van der Waals surface area contributed by atoms with Gasteiger partial charge in [0.25, 0.3) is 0 Å². The maximum absolute atomic E-state index is 10.2. The van der Waals surface area contributed by atoms with Crippen molar-refractivity contribution >= 4 is 23.1 Å². The van der Waals surface area contributed by atoms with Gasteiger partial charge in [0.2, 0.25) is 0 Å². The summed E-state index contributed by atoms with van der Waals surface area (Å²) in [5, 5.41) is 23.0. The molecule has 8 heteroatoms. The summed E-state index contributed by atoms with van der Waals surface area (Å²) in [6, 6.07) is 5.79. The topological polar surface area (TPSA) is 78.6 Å². The summed E-state index contributed by atoms with van der Waals surface area (Å²) in [7, 11) is 0. The Kier molecular flexibility index (Phi) is 6.92. The van der Waals surface area contributed by atoms with E-state index in [1.165, 1.54) is 6.07 Å². The number of phenolic OH excluding ortho intramolecular Hbond substituents is 1. The Hall–Kier alpha value is -2.38. The monoisotopic (exact) mass is 416 g/mol. The van der Waals surface area contributed by atoms with Gasteiger partial charge in [-0.15, -0.1) is 10.2 Å². The highest BCUT2D eigenvalue weighted by Crippen LogP contribution is 2.31. The van der Waals surface area contributed by atoms with Crippen LogP contribution in [0.4, 0.5) is 5.82 Å². The number of halogens is 1. The zero-order valence-corrected chi connectivity index (χ0v) is 18.2. The summed E-state index contributed by atoms with van der Waals surface area (Å²) in [5.41, 5.74) is 1.25. The summed E-state index contributed by atoms with van der Waals surface area (Å²) < 4.78 is 1.83. The molecule has 0 amide bonds. The van der Waals surface area contributed by atoms with Crippen LogP contribution in [0.5, 0.6) is 5.75 Å². The lowest BCUT2D eigenvalue weighted by molar-refractivity contribution is 0.174. The van der Waals surface area contributed by atoms with Crippen LogP contribution < -0.4 is 5.32 Å². The Morgan fingerprint density at radius 1 is 1.24 bits per heavy atom. The van der Waals surface area contributed by atoms with E-state index in [0.29, 0.717) is 40.0 Å². The number of fused-ring (bicyclic) bond motifs is 1. The fourth-order valence-electron chi connectivity index (χ4n) is 3.60. The summed E-state index contributed by atoms with van der Waals surface area (Å²) in [6.45, 7) is 10.6. The van der Waals surface area contributed by atoms with Crippen molar-refractivity contribution in [3.63, 3.8) is 0 Å². The molecule has 29 heavy (non-hydrogen) atoms. The molecule has 1 aliphatic heterocycles. The molecule has 2 aromatic heterocycles. The van der Waals surface area contributed by atoms with Crippen molar-refractivity contribution in [1.29, 1.82) is 0 Å². The van der Waals surface area contributed by atoms with E-state index in [2.05, 4.69) is 39.2 Å². The molecule has 7 nitrogen and oxygen atoms in total. The normalized spacial score (nSPS) is 17.2. The van der Waals surface area contributed by atoms with Gasteiger partial charge in [0.1, 0.15) is 5.75 Å². The van der Waals surface area contributed by atoms with Gasteiger partial charge in [-0.1, -0.05) is 25.4 Å². The van der Waals surface area contributed by atoms with Gasteiger partial charge >= 0.3 is 0 Å². The van der Waals surface area contributed by atoms with Crippen molar-refractivity contribution in [3.8, 4) is 17.1 Å². The van der Waals surface area contributed by atoms with E-state index in [1.54, 1.807) is 18.3 Å². The minimum absolute atomic E-state index is 0.0624. The molecule has 0 bridgehead atoms. The molecule has 1 aromatic carbocycles. The quantitative estimate of drug-likeness (QED) is 0.653. The minimum Gasteiger partial charge on any atom is -0.507 e. The Bertz CT molecular complexity index is 957. The first-order valence-corrected chi connectivity index (χ1v) is 10.6. The van der Waals surface area contributed by atoms with Gasteiger partial charge in [0.05, 0.1) is 5.56 Å². The predicted octanol–water partition coefficient (Wildman–Crippen LogP) is 4.46. The van der Waals surface area contributed by atoms with E-state index in [4.69, 9.17) is 11.6 Å². The molecule has 1 saturated heterocycles. The number of hydrogen-bond acceptors (Lipinski definition) is 6. The fourth-order valence-corrected chi connectivity index (χ4v) is 3.76. The molecular weight excluding hydrogens is 388 g/mol. The minimum atomic E-state index is 0.0624. The summed E-state index contributed by atoms with van der Waals surface area (Å²) in [5.74, 6) is 1.25. The third-order valence-corrected chi connectivity index (χ3v) is 5.29. The molecule has 0 spiro atoms. The number of imidazole rings is 1. The van der Waals surface area contributed by atoms with Crippen LogP contribution in [0.25, 0.3) is 17.0 Å². The lowest BCUT2D eigenvalue weighted by Crippen LogP contribution is -2.45. The molecule has 156 valence electrons. The second-order valence-electron chi connectivity index (χ2n) is 7.23. The number of nitrogens with one attached hydrogen (secondary N) is 1. The van der Waals surface area contributed by atoms with Gasteiger partial charge in [-0.25, -0.2) is 4.98 Å². The molecule has 1 fully saturated rings. The van der Waals surface area contributed by atoms with Crippen LogP contribution in [-0.2, 0) is 0 Å². The number of aromatic hydroxyl groups is 1. The highest BCUT2D eigenvalue weighted by molar-refractivity contribution is 6.30. The second kappa shape index (κ2) is 9.41. The smallest absolute Gasteiger partial charge is 0.192 e. The Morgan fingerprint density at radius 2 is 2.03 bits per heavy atom. The lowest BCUT2D eigenvalue weighted by atomic mass is 10.0. The van der Waals surface area contributed by atoms with Crippen LogP contribution in [0.2, 0.25) is 5.02 Å². The lowest BCUT2D eigenvalue weighted by Gasteiger charge is -2.35. The van der Waals surface area contributed by atoms with Gasteiger partial charge in [-0.3, -0.25) is 9.30 Å². The van der Waals surface area contributed by atoms with Gasteiger partial charge in [-0.05, 0) is 51.4 Å². The molecule has 4 rings (SSSR count). The molecule has 2 N–H and O–H groups in total. The first-order valence-electron chi connectivity index (χ1n) is 10.2. The molecule has 3 aromatic rings. The van der Waals surface area contributed by atoms with Crippen LogP contribution in [0.15, 0.2) is 30.6 Å². The van der Waals surface area contributed by atoms with Gasteiger partial charge < -0.3 is 10.4 Å². The largest absolute Gasteiger partial charge is 0.507 e. The molecule has 1 atom stereocenters. The predicted molar refractivity (Wildman–Crippen MR) is 118 cm³/mol. The SMILES string of the molecule is CC.CC(C)N1CCCC(Nc2nnc(-c3ccc(Cl)cc3O)n3ccnc23)C1. The Labute approximate surface area is 176 Å². The van der Waals surface area contributed by atoms with Crippen molar-refractivity contribution in [2.45, 2.75) is 52.6 Å². The van der Waals surface area contributed by atoms with Gasteiger partial charge in [0.15, 0.2) is 17.3 Å². The second-order valence-corrected chi connectivity index (χ2v) is 7.66. The maximum Gasteiger partial charge on any atom is 0.192 e. The van der Waals surface area contributed by atoms with E-state index in [0.717, 1.165) is 25.9 Å². The number of hydrogen-bond donors (Lipinski definition) is 2. The first kappa shape index (κ1) is 21.3. The number of benzene rings is 1. The molecule has 0 radical (unpaired) electrons. The Balaban J connectivity index is 0.00000117. The number of rotatable bonds is 4. The number of likely N-dealkylation sites (tertiary alicyclic amines) is 1. The van der Waals surface area contributed by atoms with Crippen LogP contribution in [0, 0.1) is 0 Å². The first-order chi connectivity index (χ1) is 14.0. The average Bonchev–Trinajstić information content (AvgIpc) is 3.21. The van der Waals surface area contributed by atoms with Gasteiger partial charge in [0, 0.05) is 36.0 Å². The van der Waals surface area contributed by atoms with Crippen molar-refractivity contribution in [1.82, 2.24) is 24.5 Å². The third kappa shape index (κ3) is 4.62. The standard InChI is InChI=1S/C19H23ClN6O.C2H6/c1-12(2)25-8-3-4-14(11-25)22-17-19-21-7-9-26(19)18(24-23-17)15-6-5-13(20)10-16(15)27;1-2/h5-7,9-10,12,14,27H,3-4,8,11H2,1-2H3,(H,22,23);1-2H3. The number of anilines is 1. The number of piperidine rings is 1. The molecular formula is C21H29ClN6O. The highest BCUT2D eigenvalue weighted by Gasteiger charge is 2.23. The maximum atomic E-state index is 10.2. The van der Waals surface area contributed by atoms with Crippen molar-refractivity contribution in [2.24, 2.45) is 0 Å². The third-order valence-electron chi connectivity index (χ3n) is 5.05. The number of aromatic nitrogens is 4. The van der Waals surface area contributed by atoms with E-state index in [9.17, 15) is 5.11 Å². The van der Waals surface area contributed by atoms with E-state index in [-0.39, 0.29) is 5.75 Å². The Morgan fingerprint density at radius 3 is 2.76 bits per heavy atom. The van der Waals surface area contributed by atoms with E-state index < -0.39 is 0 Å². The average molecular weight is 417 g/mol. The fraction of sp³-hybridized carbons (Fsp3) is 0.476. The zero-order valence-electron chi connectivity index (χ0n) is 17.4. The molecule has 1 unspecified atom stereocenters. The number of phenols is 1. The zero-order chi connectivity index (χ0) is 21.0.